The number of thioether (sulfide) groups is 1. The lowest BCUT2D eigenvalue weighted by atomic mass is 9.80. The molecule has 6 aromatic rings. The number of amidine groups is 2. The summed E-state index contributed by atoms with van der Waals surface area (Å²) in [5.41, 5.74) is 10.8. The second-order valence-electron chi connectivity index (χ2n) is 13.9. The zero-order valence-corrected chi connectivity index (χ0v) is 29.1. The number of fused-ring (bicyclic) bond motifs is 6. The lowest BCUT2D eigenvalue weighted by molar-refractivity contribution is 0.668. The maximum atomic E-state index is 5.27. The van der Waals surface area contributed by atoms with Gasteiger partial charge in [0, 0.05) is 37.6 Å². The molecular weight excluding hydrogens is 641 g/mol. The fourth-order valence-corrected chi connectivity index (χ4v) is 9.65. The molecule has 0 saturated carbocycles. The normalized spacial score (nSPS) is 22.1. The van der Waals surface area contributed by atoms with E-state index in [9.17, 15) is 0 Å². The van der Waals surface area contributed by atoms with Gasteiger partial charge in [0.25, 0.3) is 0 Å². The molecule has 0 bridgehead atoms. The molecule has 3 heterocycles. The van der Waals surface area contributed by atoms with E-state index >= 15 is 0 Å². The Hall–Kier alpha value is -5.65. The van der Waals surface area contributed by atoms with Crippen molar-refractivity contribution in [1.29, 1.82) is 0 Å². The van der Waals surface area contributed by atoms with Gasteiger partial charge in [-0.25, -0.2) is 9.98 Å². The van der Waals surface area contributed by atoms with Gasteiger partial charge in [-0.2, -0.15) is 0 Å². The molecule has 0 fully saturated rings. The molecule has 3 unspecified atom stereocenters. The van der Waals surface area contributed by atoms with E-state index < -0.39 is 0 Å². The Morgan fingerprint density at radius 3 is 2.35 bits per heavy atom. The van der Waals surface area contributed by atoms with Crippen LogP contribution in [0.25, 0.3) is 33.1 Å². The van der Waals surface area contributed by atoms with Crippen LogP contribution in [0.3, 0.4) is 0 Å². The first-order chi connectivity index (χ1) is 25.1. The van der Waals surface area contributed by atoms with Crippen molar-refractivity contribution in [3.63, 3.8) is 0 Å². The highest BCUT2D eigenvalue weighted by molar-refractivity contribution is 8.01. The molecule has 0 radical (unpaired) electrons. The van der Waals surface area contributed by atoms with Crippen LogP contribution in [-0.4, -0.2) is 21.0 Å². The molecule has 4 nitrogen and oxygen atoms in total. The molecule has 4 aliphatic rings. The lowest BCUT2D eigenvalue weighted by Crippen LogP contribution is -2.34. The largest absolute Gasteiger partial charge is 0.344 e. The maximum Gasteiger partial charge on any atom is 0.155 e. The van der Waals surface area contributed by atoms with Crippen molar-refractivity contribution in [3.8, 4) is 5.69 Å². The van der Waals surface area contributed by atoms with Crippen molar-refractivity contribution < 1.29 is 0 Å². The second kappa shape index (κ2) is 12.0. The number of nitrogens with one attached hydrogen (secondary N) is 1. The van der Waals surface area contributed by atoms with Crippen molar-refractivity contribution in [1.82, 2.24) is 9.88 Å². The topological polar surface area (TPSA) is 41.7 Å². The third-order valence-corrected chi connectivity index (χ3v) is 12.0. The van der Waals surface area contributed by atoms with Crippen LogP contribution < -0.4 is 5.32 Å². The molecule has 5 heteroatoms. The van der Waals surface area contributed by atoms with E-state index in [-0.39, 0.29) is 10.9 Å². The van der Waals surface area contributed by atoms with Crippen LogP contribution in [0.2, 0.25) is 0 Å². The van der Waals surface area contributed by atoms with Crippen LogP contribution in [0.4, 0.5) is 0 Å². The van der Waals surface area contributed by atoms with E-state index in [1.54, 1.807) is 0 Å². The second-order valence-corrected chi connectivity index (χ2v) is 15.4. The molecule has 0 spiro atoms. The van der Waals surface area contributed by atoms with Gasteiger partial charge in [0.2, 0.25) is 0 Å². The van der Waals surface area contributed by atoms with Gasteiger partial charge in [-0.15, -0.1) is 11.8 Å². The van der Waals surface area contributed by atoms with E-state index in [1.165, 1.54) is 49.0 Å². The van der Waals surface area contributed by atoms with Gasteiger partial charge in [-0.1, -0.05) is 127 Å². The first kappa shape index (κ1) is 30.2. The number of nitrogens with zero attached hydrogens (tertiary/aromatic N) is 3. The SMILES string of the molecule is CC12C=C(c3ccccc3)C=CC1c1ccc(C3N=C(C4=CC=CCC4)N=C(c4cccc(-n5c6ccccc6c6ccccc65)c4)N3)cc1S2. The summed E-state index contributed by atoms with van der Waals surface area (Å²) in [6.45, 7) is 2.38. The molecule has 246 valence electrons. The highest BCUT2D eigenvalue weighted by Crippen LogP contribution is 2.57. The number of benzene rings is 5. The average molecular weight is 677 g/mol. The molecule has 3 atom stereocenters. The van der Waals surface area contributed by atoms with Crippen molar-refractivity contribution in [3.05, 3.63) is 186 Å². The van der Waals surface area contributed by atoms with Gasteiger partial charge in [-0.3, -0.25) is 0 Å². The monoisotopic (exact) mass is 676 g/mol. The molecule has 10 rings (SSSR count). The summed E-state index contributed by atoms with van der Waals surface area (Å²) in [5, 5.41) is 6.27. The first-order valence-electron chi connectivity index (χ1n) is 17.8. The molecule has 51 heavy (non-hydrogen) atoms. The highest BCUT2D eigenvalue weighted by atomic mass is 32.2. The summed E-state index contributed by atoms with van der Waals surface area (Å²) in [6, 6.07) is 43.7. The molecule has 2 aliphatic heterocycles. The number of hydrogen-bond acceptors (Lipinski definition) is 4. The van der Waals surface area contributed by atoms with Gasteiger partial charge in [0.05, 0.1) is 11.0 Å². The standard InChI is InChI=1S/C46H36N4S/c1-46-29-34(30-13-4-2-5-14-30)24-26-39(46)38-25-23-33(28-42(38)51-46)45-48-43(31-15-6-3-7-16-31)47-44(49-45)32-17-12-18-35(27-32)50-40-21-10-8-19-36(40)37-20-9-11-22-41(37)50/h2-6,8-15,17-29,39,45H,7,16H2,1H3,(H,47,48,49). The molecule has 0 saturated heterocycles. The van der Waals surface area contributed by atoms with Crippen LogP contribution in [-0.2, 0) is 0 Å². The first-order valence-corrected chi connectivity index (χ1v) is 18.6. The Labute approximate surface area is 302 Å². The fraction of sp³-hybridized carbons (Fsp3) is 0.130. The van der Waals surface area contributed by atoms with E-state index in [2.05, 4.69) is 175 Å². The zero-order chi connectivity index (χ0) is 33.9. The van der Waals surface area contributed by atoms with E-state index in [1.807, 2.05) is 11.8 Å². The van der Waals surface area contributed by atoms with Gasteiger partial charge in [-0.05, 0) is 77.9 Å². The van der Waals surface area contributed by atoms with Crippen LogP contribution in [0, 0.1) is 0 Å². The van der Waals surface area contributed by atoms with Gasteiger partial charge >= 0.3 is 0 Å². The quantitative estimate of drug-likeness (QED) is 0.197. The van der Waals surface area contributed by atoms with Gasteiger partial charge in [0.15, 0.2) is 5.84 Å². The summed E-state index contributed by atoms with van der Waals surface area (Å²) in [5.74, 6) is 1.99. The summed E-state index contributed by atoms with van der Waals surface area (Å²) in [4.78, 5) is 11.8. The molecule has 2 aliphatic carbocycles. The number of aliphatic imine (C=N–C) groups is 2. The van der Waals surface area contributed by atoms with Gasteiger partial charge in [0.1, 0.15) is 12.0 Å². The Morgan fingerprint density at radius 1 is 0.804 bits per heavy atom. The molecule has 1 N–H and O–H groups in total. The predicted octanol–water partition coefficient (Wildman–Crippen LogP) is 11.1. The van der Waals surface area contributed by atoms with Crippen molar-refractivity contribution >= 4 is 50.8 Å². The minimum atomic E-state index is -0.261. The summed E-state index contributed by atoms with van der Waals surface area (Å²) in [6.07, 6.45) is 15.4. The minimum absolute atomic E-state index is 0.0472. The highest BCUT2D eigenvalue weighted by Gasteiger charge is 2.42. The minimum Gasteiger partial charge on any atom is -0.344 e. The Bertz CT molecular complexity index is 2510. The number of para-hydroxylation sites is 2. The predicted molar refractivity (Wildman–Crippen MR) is 214 cm³/mol. The Kier molecular flexibility index (Phi) is 7.10. The lowest BCUT2D eigenvalue weighted by Gasteiger charge is -2.30. The molecule has 5 aromatic carbocycles. The van der Waals surface area contributed by atoms with Crippen molar-refractivity contribution in [2.24, 2.45) is 9.98 Å². The third kappa shape index (κ3) is 5.14. The van der Waals surface area contributed by atoms with Crippen LogP contribution in [0.15, 0.2) is 178 Å². The van der Waals surface area contributed by atoms with Crippen LogP contribution in [0.1, 0.15) is 54.1 Å². The smallest absolute Gasteiger partial charge is 0.155 e. The van der Waals surface area contributed by atoms with Gasteiger partial charge < -0.3 is 9.88 Å². The van der Waals surface area contributed by atoms with Crippen molar-refractivity contribution in [2.45, 2.75) is 41.5 Å². The number of hydrogen-bond donors (Lipinski definition) is 1. The van der Waals surface area contributed by atoms with E-state index in [4.69, 9.17) is 9.98 Å². The molecular formula is C46H36N4S. The number of rotatable bonds is 5. The molecule has 0 amide bonds. The van der Waals surface area contributed by atoms with Crippen molar-refractivity contribution in [2.75, 3.05) is 0 Å². The summed E-state index contributed by atoms with van der Waals surface area (Å²) < 4.78 is 2.32. The maximum absolute atomic E-state index is 5.27. The van der Waals surface area contributed by atoms with E-state index in [0.29, 0.717) is 5.92 Å². The summed E-state index contributed by atoms with van der Waals surface area (Å²) in [7, 11) is 0. The number of allylic oxidation sites excluding steroid dienone is 6. The Balaban J connectivity index is 1.02. The summed E-state index contributed by atoms with van der Waals surface area (Å²) >= 11 is 1.97. The third-order valence-electron chi connectivity index (χ3n) is 10.7. The van der Waals surface area contributed by atoms with E-state index in [0.717, 1.165) is 41.3 Å². The fourth-order valence-electron chi connectivity index (χ4n) is 8.15. The van der Waals surface area contributed by atoms with Crippen LogP contribution in [0.5, 0.6) is 0 Å². The molecule has 1 aromatic heterocycles. The zero-order valence-electron chi connectivity index (χ0n) is 28.3. The average Bonchev–Trinajstić information content (AvgIpc) is 3.69. The Morgan fingerprint density at radius 2 is 1.57 bits per heavy atom. The number of aromatic nitrogens is 1. The van der Waals surface area contributed by atoms with Crippen LogP contribution >= 0.6 is 11.8 Å².